The first-order chi connectivity index (χ1) is 11.8. The van der Waals surface area contributed by atoms with Crippen LogP contribution in [0, 0.1) is 0 Å². The van der Waals surface area contributed by atoms with Crippen LogP contribution in [-0.2, 0) is 6.18 Å². The maximum absolute atomic E-state index is 13.2. The molecule has 1 amide bonds. The van der Waals surface area contributed by atoms with Gasteiger partial charge in [0, 0.05) is 19.4 Å². The number of halogens is 3. The lowest BCUT2D eigenvalue weighted by Crippen LogP contribution is -2.29. The summed E-state index contributed by atoms with van der Waals surface area (Å²) in [6, 6.07) is 6.04. The molecule has 0 bridgehead atoms. The Bertz CT molecular complexity index is 940. The largest absolute Gasteiger partial charge is 0.496 e. The summed E-state index contributed by atoms with van der Waals surface area (Å²) in [7, 11) is 2.84. The van der Waals surface area contributed by atoms with Crippen LogP contribution in [0.2, 0.25) is 0 Å². The van der Waals surface area contributed by atoms with Gasteiger partial charge in [0.25, 0.3) is 5.91 Å². The SMILES string of the molecule is COc1cccc2snc(N(C)C(=O)c3cnccc3C(F)(F)F)c12. The van der Waals surface area contributed by atoms with Crippen molar-refractivity contribution in [3.63, 3.8) is 0 Å². The molecule has 25 heavy (non-hydrogen) atoms. The number of rotatable bonds is 3. The molecule has 0 spiro atoms. The highest BCUT2D eigenvalue weighted by molar-refractivity contribution is 7.13. The number of carbonyl (C=O) groups excluding carboxylic acids is 1. The van der Waals surface area contributed by atoms with Gasteiger partial charge in [-0.05, 0) is 29.7 Å². The van der Waals surface area contributed by atoms with E-state index in [9.17, 15) is 18.0 Å². The van der Waals surface area contributed by atoms with Gasteiger partial charge in [-0.15, -0.1) is 0 Å². The van der Waals surface area contributed by atoms with Crippen molar-refractivity contribution in [1.82, 2.24) is 9.36 Å². The summed E-state index contributed by atoms with van der Waals surface area (Å²) in [4.78, 5) is 17.4. The van der Waals surface area contributed by atoms with E-state index < -0.39 is 23.2 Å². The Morgan fingerprint density at radius 1 is 1.28 bits per heavy atom. The van der Waals surface area contributed by atoms with Crippen LogP contribution in [0.4, 0.5) is 19.0 Å². The van der Waals surface area contributed by atoms with Crippen molar-refractivity contribution in [3.8, 4) is 5.75 Å². The molecule has 3 rings (SSSR count). The summed E-state index contributed by atoms with van der Waals surface area (Å²) in [6.07, 6.45) is -2.75. The van der Waals surface area contributed by atoms with Crippen LogP contribution in [0.3, 0.4) is 0 Å². The Hall–Kier alpha value is -2.68. The van der Waals surface area contributed by atoms with Gasteiger partial charge in [0.15, 0.2) is 5.82 Å². The zero-order valence-electron chi connectivity index (χ0n) is 13.2. The molecule has 0 aliphatic rings. The van der Waals surface area contributed by atoms with Gasteiger partial charge in [-0.25, -0.2) is 0 Å². The van der Waals surface area contributed by atoms with E-state index in [1.54, 1.807) is 18.2 Å². The van der Waals surface area contributed by atoms with E-state index in [2.05, 4.69) is 9.36 Å². The van der Waals surface area contributed by atoms with Crippen molar-refractivity contribution >= 4 is 33.3 Å². The van der Waals surface area contributed by atoms with Gasteiger partial charge in [0.2, 0.25) is 0 Å². The van der Waals surface area contributed by atoms with Crippen LogP contribution in [0.25, 0.3) is 10.1 Å². The standard InChI is InChI=1S/C16H12F3N3O2S/c1-22(14-13-11(24-2)4-3-5-12(13)25-21-14)15(23)9-8-20-7-6-10(9)16(17,18)19/h3-8H,1-2H3. The fourth-order valence-electron chi connectivity index (χ4n) is 2.43. The second kappa shape index (κ2) is 6.32. The molecule has 0 fully saturated rings. The molecule has 3 aromatic rings. The average molecular weight is 367 g/mol. The van der Waals surface area contributed by atoms with Crippen molar-refractivity contribution in [2.24, 2.45) is 0 Å². The Balaban J connectivity index is 2.09. The second-order valence-electron chi connectivity index (χ2n) is 5.12. The van der Waals surface area contributed by atoms with Crippen LogP contribution in [0.5, 0.6) is 5.75 Å². The number of nitrogens with zero attached hydrogens (tertiary/aromatic N) is 3. The van der Waals surface area contributed by atoms with E-state index in [-0.39, 0.29) is 5.82 Å². The number of hydrogen-bond acceptors (Lipinski definition) is 5. The number of amides is 1. The van der Waals surface area contributed by atoms with Crippen molar-refractivity contribution < 1.29 is 22.7 Å². The van der Waals surface area contributed by atoms with Crippen LogP contribution in [-0.4, -0.2) is 29.4 Å². The first-order valence-corrected chi connectivity index (χ1v) is 7.83. The predicted octanol–water partition coefficient (Wildman–Crippen LogP) is 4.00. The zero-order valence-corrected chi connectivity index (χ0v) is 14.0. The van der Waals surface area contributed by atoms with Gasteiger partial charge in [0.1, 0.15) is 5.75 Å². The van der Waals surface area contributed by atoms with Gasteiger partial charge in [-0.1, -0.05) is 6.07 Å². The molecule has 2 aromatic heterocycles. The molecule has 9 heteroatoms. The average Bonchev–Trinajstić information content (AvgIpc) is 3.04. The number of methoxy groups -OCH3 is 1. The molecule has 2 heterocycles. The van der Waals surface area contributed by atoms with Crippen molar-refractivity contribution in [1.29, 1.82) is 0 Å². The number of fused-ring (bicyclic) bond motifs is 1. The number of aromatic nitrogens is 2. The lowest BCUT2D eigenvalue weighted by Gasteiger charge is -2.18. The fourth-order valence-corrected chi connectivity index (χ4v) is 3.25. The van der Waals surface area contributed by atoms with Crippen molar-refractivity contribution in [2.75, 3.05) is 19.1 Å². The molecule has 0 N–H and O–H groups in total. The number of ether oxygens (including phenoxy) is 1. The predicted molar refractivity (Wildman–Crippen MR) is 88.1 cm³/mol. The van der Waals surface area contributed by atoms with E-state index in [4.69, 9.17) is 4.74 Å². The number of alkyl halides is 3. The third-order valence-corrected chi connectivity index (χ3v) is 4.44. The summed E-state index contributed by atoms with van der Waals surface area (Å²) < 4.78 is 49.7. The summed E-state index contributed by atoms with van der Waals surface area (Å²) in [5, 5.41) is 0.572. The van der Waals surface area contributed by atoms with E-state index >= 15 is 0 Å². The highest BCUT2D eigenvalue weighted by atomic mass is 32.1. The number of pyridine rings is 1. The Kier molecular flexibility index (Phi) is 4.34. The second-order valence-corrected chi connectivity index (χ2v) is 5.93. The minimum Gasteiger partial charge on any atom is -0.496 e. The molecule has 1 aromatic carbocycles. The molecule has 130 valence electrons. The third kappa shape index (κ3) is 3.02. The highest BCUT2D eigenvalue weighted by Crippen LogP contribution is 2.37. The molecule has 0 saturated carbocycles. The minimum atomic E-state index is -4.66. The maximum Gasteiger partial charge on any atom is 0.417 e. The van der Waals surface area contributed by atoms with E-state index in [1.165, 1.54) is 14.2 Å². The molecule has 0 radical (unpaired) electrons. The van der Waals surface area contributed by atoms with Gasteiger partial charge in [0.05, 0.1) is 28.3 Å². The Morgan fingerprint density at radius 2 is 2.04 bits per heavy atom. The quantitative estimate of drug-likeness (QED) is 0.702. The molecule has 0 unspecified atom stereocenters. The summed E-state index contributed by atoms with van der Waals surface area (Å²) in [5.41, 5.74) is -1.57. The van der Waals surface area contributed by atoms with E-state index in [1.807, 2.05) is 0 Å². The van der Waals surface area contributed by atoms with E-state index in [0.29, 0.717) is 11.1 Å². The topological polar surface area (TPSA) is 55.3 Å². The minimum absolute atomic E-state index is 0.236. The lowest BCUT2D eigenvalue weighted by atomic mass is 10.1. The molecule has 5 nitrogen and oxygen atoms in total. The van der Waals surface area contributed by atoms with Crippen LogP contribution in [0.15, 0.2) is 36.7 Å². The Morgan fingerprint density at radius 3 is 2.72 bits per heavy atom. The summed E-state index contributed by atoms with van der Waals surface area (Å²) in [5.74, 6) is -0.124. The van der Waals surface area contributed by atoms with E-state index in [0.717, 1.165) is 39.6 Å². The zero-order chi connectivity index (χ0) is 18.2. The summed E-state index contributed by atoms with van der Waals surface area (Å²) >= 11 is 1.13. The Labute approximate surface area is 144 Å². The van der Waals surface area contributed by atoms with Crippen LogP contribution >= 0.6 is 11.5 Å². The van der Waals surface area contributed by atoms with Gasteiger partial charge < -0.3 is 4.74 Å². The molecular formula is C16H12F3N3O2S. The van der Waals surface area contributed by atoms with Gasteiger partial charge in [-0.3, -0.25) is 14.7 Å². The fraction of sp³-hybridized carbons (Fsp3) is 0.188. The van der Waals surface area contributed by atoms with Crippen LogP contribution < -0.4 is 9.64 Å². The first kappa shape index (κ1) is 17.2. The molecular weight excluding hydrogens is 355 g/mol. The van der Waals surface area contributed by atoms with Gasteiger partial charge in [-0.2, -0.15) is 17.5 Å². The lowest BCUT2D eigenvalue weighted by molar-refractivity contribution is -0.138. The highest BCUT2D eigenvalue weighted by Gasteiger charge is 2.36. The maximum atomic E-state index is 13.2. The van der Waals surface area contributed by atoms with Crippen molar-refractivity contribution in [2.45, 2.75) is 6.18 Å². The third-order valence-electron chi connectivity index (χ3n) is 3.64. The number of hydrogen-bond donors (Lipinski definition) is 0. The first-order valence-electron chi connectivity index (χ1n) is 7.06. The number of anilines is 1. The van der Waals surface area contributed by atoms with Crippen molar-refractivity contribution in [3.05, 3.63) is 47.8 Å². The number of carbonyl (C=O) groups is 1. The molecule has 0 saturated heterocycles. The van der Waals surface area contributed by atoms with Gasteiger partial charge >= 0.3 is 6.18 Å². The smallest absolute Gasteiger partial charge is 0.417 e. The van der Waals surface area contributed by atoms with Crippen LogP contribution in [0.1, 0.15) is 15.9 Å². The molecule has 0 aliphatic heterocycles. The molecule has 0 atom stereocenters. The number of benzene rings is 1. The summed E-state index contributed by atoms with van der Waals surface area (Å²) in [6.45, 7) is 0. The monoisotopic (exact) mass is 367 g/mol. The normalized spacial score (nSPS) is 11.6. The molecule has 0 aliphatic carbocycles.